The third kappa shape index (κ3) is 4.76. The van der Waals surface area contributed by atoms with Crippen molar-refractivity contribution in [1.82, 2.24) is 14.1 Å². The molecule has 0 spiro atoms. The lowest BCUT2D eigenvalue weighted by atomic mass is 10.2. The molecule has 1 fully saturated rings. The minimum Gasteiger partial charge on any atom is -0.304 e. The quantitative estimate of drug-likeness (QED) is 0.789. The fraction of sp³-hybridized carbons (Fsp3) is 0.647. The van der Waals surface area contributed by atoms with Gasteiger partial charge in [0.25, 0.3) is 0 Å². The van der Waals surface area contributed by atoms with E-state index < -0.39 is 10.0 Å². The Hall–Kier alpha value is -0.950. The van der Waals surface area contributed by atoms with E-state index in [9.17, 15) is 8.42 Å². The van der Waals surface area contributed by atoms with Gasteiger partial charge in [0, 0.05) is 39.8 Å². The fourth-order valence-corrected chi connectivity index (χ4v) is 4.38. The van der Waals surface area contributed by atoms with E-state index in [0.29, 0.717) is 11.4 Å². The second-order valence-electron chi connectivity index (χ2n) is 6.59. The maximum absolute atomic E-state index is 12.7. The predicted octanol–water partition coefficient (Wildman–Crippen LogP) is 1.56. The Morgan fingerprint density at radius 3 is 2.39 bits per heavy atom. The van der Waals surface area contributed by atoms with Crippen molar-refractivity contribution < 1.29 is 8.42 Å². The highest BCUT2D eigenvalue weighted by atomic mass is 32.2. The molecule has 130 valence electrons. The van der Waals surface area contributed by atoms with Crippen molar-refractivity contribution in [2.75, 3.05) is 53.4 Å². The van der Waals surface area contributed by atoms with E-state index in [0.717, 1.165) is 50.3 Å². The van der Waals surface area contributed by atoms with Crippen LogP contribution in [0.4, 0.5) is 0 Å². The molecule has 0 amide bonds. The Labute approximate surface area is 140 Å². The maximum atomic E-state index is 12.7. The molecule has 0 unspecified atom stereocenters. The van der Waals surface area contributed by atoms with Crippen LogP contribution in [-0.2, 0) is 10.0 Å². The van der Waals surface area contributed by atoms with Gasteiger partial charge in [0.15, 0.2) is 0 Å². The van der Waals surface area contributed by atoms with Crippen LogP contribution in [0, 0.1) is 13.8 Å². The number of hydrogen-bond acceptors (Lipinski definition) is 4. The van der Waals surface area contributed by atoms with Gasteiger partial charge in [-0.1, -0.05) is 17.7 Å². The first-order chi connectivity index (χ1) is 10.8. The molecule has 6 heteroatoms. The van der Waals surface area contributed by atoms with Gasteiger partial charge in [0.05, 0.1) is 4.90 Å². The molecule has 0 atom stereocenters. The van der Waals surface area contributed by atoms with E-state index in [2.05, 4.69) is 16.8 Å². The lowest BCUT2D eigenvalue weighted by Crippen LogP contribution is -2.45. The van der Waals surface area contributed by atoms with Gasteiger partial charge in [0.2, 0.25) is 10.0 Å². The Bertz CT molecular complexity index is 623. The van der Waals surface area contributed by atoms with Crippen molar-refractivity contribution in [2.24, 2.45) is 0 Å². The molecule has 0 aromatic heterocycles. The minimum atomic E-state index is -3.39. The zero-order valence-electron chi connectivity index (χ0n) is 14.7. The zero-order chi connectivity index (χ0) is 17.0. The maximum Gasteiger partial charge on any atom is 0.243 e. The third-order valence-corrected chi connectivity index (χ3v) is 6.58. The molecule has 0 bridgehead atoms. The summed E-state index contributed by atoms with van der Waals surface area (Å²) in [5.41, 5.74) is 1.90. The summed E-state index contributed by atoms with van der Waals surface area (Å²) in [7, 11) is 0.428. The lowest BCUT2D eigenvalue weighted by Gasteiger charge is -2.32. The molecule has 1 saturated heterocycles. The summed E-state index contributed by atoms with van der Waals surface area (Å²) >= 11 is 0. The van der Waals surface area contributed by atoms with Crippen LogP contribution >= 0.6 is 0 Å². The average molecular weight is 340 g/mol. The van der Waals surface area contributed by atoms with E-state index in [1.54, 1.807) is 13.1 Å². The summed E-state index contributed by atoms with van der Waals surface area (Å²) < 4.78 is 26.9. The van der Waals surface area contributed by atoms with Crippen LogP contribution in [0.15, 0.2) is 23.1 Å². The van der Waals surface area contributed by atoms with Gasteiger partial charge in [-0.3, -0.25) is 0 Å². The van der Waals surface area contributed by atoms with Crippen LogP contribution in [0.25, 0.3) is 0 Å². The molecule has 0 N–H and O–H groups in total. The number of aryl methyl sites for hydroxylation is 2. The first kappa shape index (κ1) is 18.4. The normalized spacial score (nSPS) is 17.8. The van der Waals surface area contributed by atoms with Gasteiger partial charge in [0.1, 0.15) is 0 Å². The molecule has 1 aliphatic rings. The summed E-state index contributed by atoms with van der Waals surface area (Å²) in [6, 6.07) is 5.50. The first-order valence-corrected chi connectivity index (χ1v) is 9.69. The molecule has 0 saturated carbocycles. The Kier molecular flexibility index (Phi) is 6.19. The largest absolute Gasteiger partial charge is 0.304 e. The SMILES string of the molecule is Cc1ccc(S(=O)(=O)N(C)CCCN2CCN(C)CC2)c(C)c1. The minimum absolute atomic E-state index is 0.421. The molecule has 23 heavy (non-hydrogen) atoms. The van der Waals surface area contributed by atoms with Crippen molar-refractivity contribution in [3.8, 4) is 0 Å². The van der Waals surface area contributed by atoms with Gasteiger partial charge in [-0.15, -0.1) is 0 Å². The second kappa shape index (κ2) is 7.75. The monoisotopic (exact) mass is 339 g/mol. The molecule has 1 aromatic carbocycles. The number of rotatable bonds is 6. The van der Waals surface area contributed by atoms with Crippen molar-refractivity contribution in [3.05, 3.63) is 29.3 Å². The van der Waals surface area contributed by atoms with Crippen LogP contribution in [0.3, 0.4) is 0 Å². The van der Waals surface area contributed by atoms with Gasteiger partial charge in [-0.05, 0) is 45.5 Å². The molecule has 0 radical (unpaired) electrons. The van der Waals surface area contributed by atoms with Crippen LogP contribution in [-0.4, -0.2) is 75.9 Å². The number of sulfonamides is 1. The Morgan fingerprint density at radius 2 is 1.78 bits per heavy atom. The smallest absolute Gasteiger partial charge is 0.243 e. The van der Waals surface area contributed by atoms with E-state index in [4.69, 9.17) is 0 Å². The highest BCUT2D eigenvalue weighted by molar-refractivity contribution is 7.89. The number of piperazine rings is 1. The van der Waals surface area contributed by atoms with E-state index in [-0.39, 0.29) is 0 Å². The van der Waals surface area contributed by atoms with Crippen molar-refractivity contribution >= 4 is 10.0 Å². The summed E-state index contributed by atoms with van der Waals surface area (Å²) in [4.78, 5) is 5.16. The fourth-order valence-electron chi connectivity index (χ4n) is 2.97. The summed E-state index contributed by atoms with van der Waals surface area (Å²) in [6.07, 6.45) is 0.865. The molecular weight excluding hydrogens is 310 g/mol. The highest BCUT2D eigenvalue weighted by Crippen LogP contribution is 2.20. The molecule has 5 nitrogen and oxygen atoms in total. The van der Waals surface area contributed by atoms with Gasteiger partial charge < -0.3 is 9.80 Å². The number of nitrogens with zero attached hydrogens (tertiary/aromatic N) is 3. The van der Waals surface area contributed by atoms with Crippen LogP contribution in [0.5, 0.6) is 0 Å². The standard InChI is InChI=1S/C17H29N3O2S/c1-15-6-7-17(16(2)14-15)23(21,22)19(4)8-5-9-20-12-10-18(3)11-13-20/h6-7,14H,5,8-13H2,1-4H3. The molecule has 0 aliphatic carbocycles. The summed E-state index contributed by atoms with van der Waals surface area (Å²) in [6.45, 7) is 9.69. The first-order valence-electron chi connectivity index (χ1n) is 8.25. The average Bonchev–Trinajstić information content (AvgIpc) is 2.48. The molecule has 1 heterocycles. The van der Waals surface area contributed by atoms with Crippen molar-refractivity contribution in [2.45, 2.75) is 25.2 Å². The van der Waals surface area contributed by atoms with Crippen molar-refractivity contribution in [3.63, 3.8) is 0 Å². The van der Waals surface area contributed by atoms with E-state index >= 15 is 0 Å². The lowest BCUT2D eigenvalue weighted by molar-refractivity contribution is 0.151. The Balaban J connectivity index is 1.90. The number of hydrogen-bond donors (Lipinski definition) is 0. The molecule has 1 aromatic rings. The third-order valence-electron chi connectivity index (χ3n) is 4.56. The van der Waals surface area contributed by atoms with Gasteiger partial charge in [-0.2, -0.15) is 0 Å². The van der Waals surface area contributed by atoms with Crippen LogP contribution in [0.1, 0.15) is 17.5 Å². The van der Waals surface area contributed by atoms with Gasteiger partial charge in [-0.25, -0.2) is 12.7 Å². The zero-order valence-corrected chi connectivity index (χ0v) is 15.6. The molecule has 2 rings (SSSR count). The Morgan fingerprint density at radius 1 is 1.13 bits per heavy atom. The molecule has 1 aliphatic heterocycles. The summed E-state index contributed by atoms with van der Waals surface area (Å²) in [5, 5.41) is 0. The van der Waals surface area contributed by atoms with E-state index in [1.165, 1.54) is 4.31 Å². The topological polar surface area (TPSA) is 43.9 Å². The van der Waals surface area contributed by atoms with Gasteiger partial charge >= 0.3 is 0 Å². The second-order valence-corrected chi connectivity index (χ2v) is 8.61. The van der Waals surface area contributed by atoms with Crippen LogP contribution < -0.4 is 0 Å². The predicted molar refractivity (Wildman–Crippen MR) is 94.3 cm³/mol. The number of benzene rings is 1. The summed E-state index contributed by atoms with van der Waals surface area (Å²) in [5.74, 6) is 0. The van der Waals surface area contributed by atoms with Crippen LogP contribution in [0.2, 0.25) is 0 Å². The van der Waals surface area contributed by atoms with E-state index in [1.807, 2.05) is 26.0 Å². The highest BCUT2D eigenvalue weighted by Gasteiger charge is 2.22. The molecular formula is C17H29N3O2S. The number of likely N-dealkylation sites (N-methyl/N-ethyl adjacent to an activating group) is 1. The van der Waals surface area contributed by atoms with Crippen molar-refractivity contribution in [1.29, 1.82) is 0 Å².